The maximum atomic E-state index is 13.5. The van der Waals surface area contributed by atoms with Crippen LogP contribution in [0.1, 0.15) is 19.4 Å². The Morgan fingerprint density at radius 3 is 2.35 bits per heavy atom. The van der Waals surface area contributed by atoms with E-state index in [9.17, 15) is 12.8 Å². The van der Waals surface area contributed by atoms with Gasteiger partial charge in [-0.25, -0.2) is 12.8 Å². The molecule has 0 aliphatic heterocycles. The van der Waals surface area contributed by atoms with Gasteiger partial charge in [-0.2, -0.15) is 4.31 Å². The van der Waals surface area contributed by atoms with Gasteiger partial charge in [0.2, 0.25) is 10.0 Å². The van der Waals surface area contributed by atoms with E-state index in [4.69, 9.17) is 5.73 Å². The van der Waals surface area contributed by atoms with E-state index in [1.54, 1.807) is 13.8 Å². The lowest BCUT2D eigenvalue weighted by Crippen LogP contribution is -2.33. The van der Waals surface area contributed by atoms with Crippen molar-refractivity contribution in [3.05, 3.63) is 23.5 Å². The largest absolute Gasteiger partial charge is 0.399 e. The van der Waals surface area contributed by atoms with Gasteiger partial charge in [0.05, 0.1) is 4.90 Å². The molecule has 0 saturated heterocycles. The molecular formula is C11H17FN2O2S. The highest BCUT2D eigenvalue weighted by molar-refractivity contribution is 7.89. The molecule has 0 amide bonds. The lowest BCUT2D eigenvalue weighted by molar-refractivity contribution is 0.410. The number of nitrogens with zero attached hydrogens (tertiary/aromatic N) is 1. The second kappa shape index (κ2) is 4.62. The van der Waals surface area contributed by atoms with E-state index >= 15 is 0 Å². The molecule has 0 unspecified atom stereocenters. The van der Waals surface area contributed by atoms with Crippen molar-refractivity contribution in [3.8, 4) is 0 Å². The number of benzene rings is 1. The number of anilines is 1. The van der Waals surface area contributed by atoms with Gasteiger partial charge in [0, 0.05) is 24.3 Å². The Hall–Kier alpha value is -1.14. The van der Waals surface area contributed by atoms with E-state index in [-0.39, 0.29) is 22.2 Å². The fraction of sp³-hybridized carbons (Fsp3) is 0.455. The molecule has 96 valence electrons. The van der Waals surface area contributed by atoms with Gasteiger partial charge in [0.1, 0.15) is 5.82 Å². The van der Waals surface area contributed by atoms with Crippen LogP contribution in [0.2, 0.25) is 0 Å². The van der Waals surface area contributed by atoms with Gasteiger partial charge >= 0.3 is 0 Å². The van der Waals surface area contributed by atoms with E-state index in [2.05, 4.69) is 0 Å². The summed E-state index contributed by atoms with van der Waals surface area (Å²) in [6, 6.07) is 2.19. The summed E-state index contributed by atoms with van der Waals surface area (Å²) in [6.45, 7) is 4.92. The molecule has 0 aromatic heterocycles. The van der Waals surface area contributed by atoms with Crippen molar-refractivity contribution < 1.29 is 12.8 Å². The molecule has 0 heterocycles. The van der Waals surface area contributed by atoms with E-state index in [0.717, 1.165) is 6.07 Å². The minimum Gasteiger partial charge on any atom is -0.399 e. The van der Waals surface area contributed by atoms with Gasteiger partial charge in [-0.15, -0.1) is 0 Å². The Morgan fingerprint density at radius 2 is 1.88 bits per heavy atom. The first-order chi connectivity index (χ1) is 7.67. The summed E-state index contributed by atoms with van der Waals surface area (Å²) in [5, 5.41) is 0. The molecule has 17 heavy (non-hydrogen) atoms. The van der Waals surface area contributed by atoms with Gasteiger partial charge in [0.15, 0.2) is 0 Å². The average Bonchev–Trinajstić information content (AvgIpc) is 2.21. The SMILES string of the molecule is Cc1c(F)cc(N)cc1S(=O)(=O)N(C)C(C)C. The normalized spacial score (nSPS) is 12.4. The van der Waals surface area contributed by atoms with E-state index in [1.165, 1.54) is 24.3 Å². The van der Waals surface area contributed by atoms with Crippen molar-refractivity contribution in [2.24, 2.45) is 0 Å². The van der Waals surface area contributed by atoms with Crippen LogP contribution in [0.15, 0.2) is 17.0 Å². The Balaban J connectivity index is 3.44. The summed E-state index contributed by atoms with van der Waals surface area (Å²) in [5.41, 5.74) is 5.67. The van der Waals surface area contributed by atoms with Gasteiger partial charge in [-0.1, -0.05) is 0 Å². The fourth-order valence-electron chi connectivity index (χ4n) is 1.37. The number of hydrogen-bond acceptors (Lipinski definition) is 3. The first kappa shape index (κ1) is 13.9. The Morgan fingerprint density at radius 1 is 1.35 bits per heavy atom. The standard InChI is InChI=1S/C11H17FN2O2S/c1-7(2)14(4)17(15,16)11-6-9(13)5-10(12)8(11)3/h5-7H,13H2,1-4H3. The van der Waals surface area contributed by atoms with Crippen LogP contribution in [0.5, 0.6) is 0 Å². The molecule has 0 bridgehead atoms. The van der Waals surface area contributed by atoms with Crippen molar-refractivity contribution in [2.75, 3.05) is 12.8 Å². The molecule has 4 nitrogen and oxygen atoms in total. The predicted octanol–water partition coefficient (Wildman–Crippen LogP) is 1.75. The van der Waals surface area contributed by atoms with Crippen LogP contribution in [0.4, 0.5) is 10.1 Å². The maximum Gasteiger partial charge on any atom is 0.243 e. The lowest BCUT2D eigenvalue weighted by Gasteiger charge is -2.22. The first-order valence-electron chi connectivity index (χ1n) is 5.21. The second-order valence-corrected chi connectivity index (χ2v) is 6.21. The topological polar surface area (TPSA) is 63.4 Å². The fourth-order valence-corrected chi connectivity index (χ4v) is 3.01. The first-order valence-corrected chi connectivity index (χ1v) is 6.65. The monoisotopic (exact) mass is 260 g/mol. The molecule has 1 aromatic rings. The smallest absolute Gasteiger partial charge is 0.243 e. The van der Waals surface area contributed by atoms with Crippen molar-refractivity contribution in [2.45, 2.75) is 31.7 Å². The zero-order valence-electron chi connectivity index (χ0n) is 10.4. The Labute approximate surface area is 101 Å². The predicted molar refractivity (Wildman–Crippen MR) is 65.6 cm³/mol. The molecule has 6 heteroatoms. The molecule has 0 fully saturated rings. The number of halogens is 1. The molecule has 0 spiro atoms. The van der Waals surface area contributed by atoms with Crippen molar-refractivity contribution in [1.82, 2.24) is 4.31 Å². The van der Waals surface area contributed by atoms with Crippen LogP contribution in [-0.4, -0.2) is 25.8 Å². The highest BCUT2D eigenvalue weighted by Gasteiger charge is 2.26. The van der Waals surface area contributed by atoms with E-state index < -0.39 is 15.8 Å². The lowest BCUT2D eigenvalue weighted by atomic mass is 10.2. The molecule has 0 atom stereocenters. The van der Waals surface area contributed by atoms with Crippen LogP contribution < -0.4 is 5.73 Å². The number of nitrogens with two attached hydrogens (primary N) is 1. The number of nitrogen functional groups attached to an aromatic ring is 1. The van der Waals surface area contributed by atoms with Crippen molar-refractivity contribution >= 4 is 15.7 Å². The minimum atomic E-state index is -3.70. The molecule has 2 N–H and O–H groups in total. The van der Waals surface area contributed by atoms with Gasteiger partial charge in [-0.05, 0) is 32.9 Å². The maximum absolute atomic E-state index is 13.5. The molecule has 0 aliphatic rings. The summed E-state index contributed by atoms with van der Waals surface area (Å²) >= 11 is 0. The quantitative estimate of drug-likeness (QED) is 0.842. The number of rotatable bonds is 3. The zero-order chi connectivity index (χ0) is 13.4. The summed E-state index contributed by atoms with van der Waals surface area (Å²) < 4.78 is 39.1. The molecule has 0 radical (unpaired) electrons. The van der Waals surface area contributed by atoms with E-state index in [0.29, 0.717) is 0 Å². The van der Waals surface area contributed by atoms with Crippen LogP contribution in [0.3, 0.4) is 0 Å². The average molecular weight is 260 g/mol. The molecular weight excluding hydrogens is 243 g/mol. The summed E-state index contributed by atoms with van der Waals surface area (Å²) in [5.74, 6) is -0.610. The van der Waals surface area contributed by atoms with Crippen LogP contribution in [-0.2, 0) is 10.0 Å². The third-order valence-electron chi connectivity index (χ3n) is 2.70. The minimum absolute atomic E-state index is 0.0776. The van der Waals surface area contributed by atoms with Gasteiger partial charge in [-0.3, -0.25) is 0 Å². The third kappa shape index (κ3) is 2.58. The van der Waals surface area contributed by atoms with E-state index in [1.807, 2.05) is 0 Å². The van der Waals surface area contributed by atoms with Crippen molar-refractivity contribution in [1.29, 1.82) is 0 Å². The van der Waals surface area contributed by atoms with Crippen LogP contribution >= 0.6 is 0 Å². The highest BCUT2D eigenvalue weighted by atomic mass is 32.2. The highest BCUT2D eigenvalue weighted by Crippen LogP contribution is 2.25. The van der Waals surface area contributed by atoms with Crippen molar-refractivity contribution in [3.63, 3.8) is 0 Å². The zero-order valence-corrected chi connectivity index (χ0v) is 11.2. The number of hydrogen-bond donors (Lipinski definition) is 1. The molecule has 0 saturated carbocycles. The van der Waals surface area contributed by atoms with Crippen LogP contribution in [0.25, 0.3) is 0 Å². The second-order valence-electron chi connectivity index (χ2n) is 4.24. The summed E-state index contributed by atoms with van der Waals surface area (Å²) in [4.78, 5) is -0.0776. The summed E-state index contributed by atoms with van der Waals surface area (Å²) in [7, 11) is -2.24. The molecule has 1 rings (SSSR count). The third-order valence-corrected chi connectivity index (χ3v) is 4.86. The summed E-state index contributed by atoms with van der Waals surface area (Å²) in [6.07, 6.45) is 0. The number of sulfonamides is 1. The molecule has 1 aromatic carbocycles. The Bertz CT molecular complexity index is 527. The molecule has 0 aliphatic carbocycles. The Kier molecular flexibility index (Phi) is 3.78. The van der Waals surface area contributed by atoms with Gasteiger partial charge < -0.3 is 5.73 Å². The van der Waals surface area contributed by atoms with Gasteiger partial charge in [0.25, 0.3) is 0 Å². The van der Waals surface area contributed by atoms with Crippen LogP contribution in [0, 0.1) is 12.7 Å².